The Balaban J connectivity index is 1.51. The van der Waals surface area contributed by atoms with Gasteiger partial charge < -0.3 is 9.15 Å². The number of thioether (sulfide) groups is 1. The zero-order chi connectivity index (χ0) is 22.3. The fourth-order valence-corrected chi connectivity index (χ4v) is 3.70. The van der Waals surface area contributed by atoms with E-state index >= 15 is 0 Å². The number of carbonyl (C=O) groups excluding carboxylic acids is 1. The molecule has 0 aliphatic rings. The lowest BCUT2D eigenvalue weighted by Crippen LogP contribution is -2.19. The van der Waals surface area contributed by atoms with Crippen LogP contribution in [0.4, 0.5) is 0 Å². The maximum atomic E-state index is 12.3. The van der Waals surface area contributed by atoms with Crippen LogP contribution in [0.3, 0.4) is 0 Å². The second kappa shape index (κ2) is 9.97. The van der Waals surface area contributed by atoms with Gasteiger partial charge in [-0.05, 0) is 55.5 Å². The summed E-state index contributed by atoms with van der Waals surface area (Å²) in [5.74, 6) is 2.65. The molecule has 0 bridgehead atoms. The largest absolute Gasteiger partial charge is 0.497 e. The van der Waals surface area contributed by atoms with Gasteiger partial charge in [-0.3, -0.25) is 9.36 Å². The third-order valence-electron chi connectivity index (χ3n) is 4.47. The number of nitrogens with one attached hydrogen (secondary N) is 1. The first-order chi connectivity index (χ1) is 15.6. The Hall–Kier alpha value is -3.85. The number of aromatic nitrogens is 3. The summed E-state index contributed by atoms with van der Waals surface area (Å²) in [6.45, 7) is 1.84. The average Bonchev–Trinajstić information content (AvgIpc) is 3.44. The topological polar surface area (TPSA) is 94.5 Å². The summed E-state index contributed by atoms with van der Waals surface area (Å²) in [6, 6.07) is 21.0. The monoisotopic (exact) mass is 447 g/mol. The van der Waals surface area contributed by atoms with Crippen molar-refractivity contribution in [3.8, 4) is 22.8 Å². The van der Waals surface area contributed by atoms with Gasteiger partial charge in [0.2, 0.25) is 0 Å². The highest BCUT2D eigenvalue weighted by molar-refractivity contribution is 7.99. The number of carbonyl (C=O) groups is 1. The number of para-hydroxylation sites is 1. The lowest BCUT2D eigenvalue weighted by atomic mass is 10.2. The summed E-state index contributed by atoms with van der Waals surface area (Å²) in [6.07, 6.45) is 1.46. The Morgan fingerprint density at radius 3 is 2.59 bits per heavy atom. The van der Waals surface area contributed by atoms with Crippen molar-refractivity contribution in [2.45, 2.75) is 12.1 Å². The molecule has 1 N–H and O–H groups in total. The van der Waals surface area contributed by atoms with Crippen molar-refractivity contribution in [3.05, 3.63) is 78.3 Å². The second-order valence-corrected chi connectivity index (χ2v) is 7.68. The minimum atomic E-state index is -0.261. The maximum absolute atomic E-state index is 12.3. The molecule has 0 radical (unpaired) electrons. The number of furan rings is 1. The van der Waals surface area contributed by atoms with Crippen molar-refractivity contribution >= 4 is 23.9 Å². The van der Waals surface area contributed by atoms with Gasteiger partial charge >= 0.3 is 0 Å². The van der Waals surface area contributed by atoms with Crippen LogP contribution in [0, 0.1) is 6.92 Å². The van der Waals surface area contributed by atoms with Gasteiger partial charge in [0, 0.05) is 11.3 Å². The SMILES string of the molecule is COc1ccc(-c2nnc(SCC(=O)N/N=C/c3ccc(C)o3)n2-c2ccccc2)cc1. The molecule has 2 aromatic carbocycles. The summed E-state index contributed by atoms with van der Waals surface area (Å²) < 4.78 is 12.6. The average molecular weight is 448 g/mol. The molecule has 0 aliphatic carbocycles. The van der Waals surface area contributed by atoms with Crippen LogP contribution in [-0.4, -0.2) is 39.7 Å². The Bertz CT molecular complexity index is 1220. The van der Waals surface area contributed by atoms with E-state index in [1.807, 2.05) is 72.2 Å². The lowest BCUT2D eigenvalue weighted by Gasteiger charge is -2.10. The number of ether oxygens (including phenoxy) is 1. The van der Waals surface area contributed by atoms with E-state index in [0.717, 1.165) is 22.8 Å². The fourth-order valence-electron chi connectivity index (χ4n) is 2.95. The molecular weight excluding hydrogens is 426 g/mol. The van der Waals surface area contributed by atoms with Crippen LogP contribution in [0.15, 0.2) is 81.4 Å². The van der Waals surface area contributed by atoms with E-state index in [1.54, 1.807) is 13.2 Å². The number of hydrogen-bond donors (Lipinski definition) is 1. The molecule has 2 aromatic heterocycles. The molecule has 0 fully saturated rings. The van der Waals surface area contributed by atoms with Gasteiger partial charge in [0.15, 0.2) is 11.0 Å². The summed E-state index contributed by atoms with van der Waals surface area (Å²) >= 11 is 1.28. The third kappa shape index (κ3) is 5.06. The second-order valence-electron chi connectivity index (χ2n) is 6.74. The molecule has 162 valence electrons. The summed E-state index contributed by atoms with van der Waals surface area (Å²) in [4.78, 5) is 12.3. The van der Waals surface area contributed by atoms with E-state index in [-0.39, 0.29) is 11.7 Å². The van der Waals surface area contributed by atoms with E-state index in [4.69, 9.17) is 9.15 Å². The molecule has 2 heterocycles. The van der Waals surface area contributed by atoms with E-state index in [1.165, 1.54) is 18.0 Å². The van der Waals surface area contributed by atoms with Crippen LogP contribution in [-0.2, 0) is 4.79 Å². The smallest absolute Gasteiger partial charge is 0.250 e. The van der Waals surface area contributed by atoms with Crippen molar-refractivity contribution in [3.63, 3.8) is 0 Å². The Morgan fingerprint density at radius 2 is 1.91 bits per heavy atom. The van der Waals surface area contributed by atoms with Crippen LogP contribution < -0.4 is 10.2 Å². The Labute approximate surface area is 189 Å². The highest BCUT2D eigenvalue weighted by atomic mass is 32.2. The number of hydrazone groups is 1. The van der Waals surface area contributed by atoms with E-state index in [0.29, 0.717) is 16.7 Å². The van der Waals surface area contributed by atoms with Crippen LogP contribution >= 0.6 is 11.8 Å². The molecule has 0 unspecified atom stereocenters. The summed E-state index contributed by atoms with van der Waals surface area (Å²) in [5, 5.41) is 13.2. The van der Waals surface area contributed by atoms with Crippen molar-refractivity contribution in [1.29, 1.82) is 0 Å². The van der Waals surface area contributed by atoms with Crippen molar-refractivity contribution < 1.29 is 13.9 Å². The molecule has 4 aromatic rings. The van der Waals surface area contributed by atoms with Crippen molar-refractivity contribution in [2.75, 3.05) is 12.9 Å². The van der Waals surface area contributed by atoms with Gasteiger partial charge in [-0.2, -0.15) is 5.10 Å². The molecule has 32 heavy (non-hydrogen) atoms. The Morgan fingerprint density at radius 1 is 1.12 bits per heavy atom. The van der Waals surface area contributed by atoms with Crippen molar-refractivity contribution in [2.24, 2.45) is 5.10 Å². The number of aryl methyl sites for hydroxylation is 1. The van der Waals surface area contributed by atoms with Crippen LogP contribution in [0.25, 0.3) is 17.1 Å². The van der Waals surface area contributed by atoms with Crippen LogP contribution in [0.2, 0.25) is 0 Å². The molecule has 1 amide bonds. The molecular formula is C23H21N5O3S. The number of rotatable bonds is 8. The number of amides is 1. The third-order valence-corrected chi connectivity index (χ3v) is 5.40. The number of methoxy groups -OCH3 is 1. The quantitative estimate of drug-likeness (QED) is 0.248. The van der Waals surface area contributed by atoms with Gasteiger partial charge in [0.1, 0.15) is 17.3 Å². The van der Waals surface area contributed by atoms with Gasteiger partial charge in [-0.1, -0.05) is 30.0 Å². The Kier molecular flexibility index (Phi) is 6.66. The highest BCUT2D eigenvalue weighted by Crippen LogP contribution is 2.28. The predicted octanol–water partition coefficient (Wildman–Crippen LogP) is 4.09. The number of hydrogen-bond acceptors (Lipinski definition) is 7. The molecule has 9 heteroatoms. The molecule has 0 aliphatic heterocycles. The highest BCUT2D eigenvalue weighted by Gasteiger charge is 2.17. The normalized spacial score (nSPS) is 11.1. The predicted molar refractivity (Wildman–Crippen MR) is 123 cm³/mol. The molecule has 0 saturated carbocycles. The molecule has 0 atom stereocenters. The van der Waals surface area contributed by atoms with E-state index in [9.17, 15) is 4.79 Å². The standard InChI is InChI=1S/C23H21N5O3S/c1-16-8-11-20(31-16)14-24-25-21(29)15-32-23-27-26-22(17-9-12-19(30-2)13-10-17)28(23)18-6-4-3-5-7-18/h3-14H,15H2,1-2H3,(H,25,29)/b24-14+. The number of benzene rings is 2. The van der Waals surface area contributed by atoms with Gasteiger partial charge in [-0.15, -0.1) is 10.2 Å². The van der Waals surface area contributed by atoms with Crippen LogP contribution in [0.5, 0.6) is 5.75 Å². The summed E-state index contributed by atoms with van der Waals surface area (Å²) in [5.41, 5.74) is 4.29. The maximum Gasteiger partial charge on any atom is 0.250 e. The van der Waals surface area contributed by atoms with Crippen LogP contribution in [0.1, 0.15) is 11.5 Å². The van der Waals surface area contributed by atoms with E-state index in [2.05, 4.69) is 20.7 Å². The van der Waals surface area contributed by atoms with E-state index < -0.39 is 0 Å². The summed E-state index contributed by atoms with van der Waals surface area (Å²) in [7, 11) is 1.63. The molecule has 0 spiro atoms. The first-order valence-corrected chi connectivity index (χ1v) is 10.8. The molecule has 4 rings (SSSR count). The van der Waals surface area contributed by atoms with Gasteiger partial charge in [-0.25, -0.2) is 5.43 Å². The zero-order valence-electron chi connectivity index (χ0n) is 17.6. The molecule has 0 saturated heterocycles. The minimum Gasteiger partial charge on any atom is -0.497 e. The van der Waals surface area contributed by atoms with Gasteiger partial charge in [0.05, 0.1) is 19.1 Å². The number of nitrogens with zero attached hydrogens (tertiary/aromatic N) is 4. The van der Waals surface area contributed by atoms with Gasteiger partial charge in [0.25, 0.3) is 5.91 Å². The first kappa shape index (κ1) is 21.4. The van der Waals surface area contributed by atoms with Crippen molar-refractivity contribution in [1.82, 2.24) is 20.2 Å². The first-order valence-electron chi connectivity index (χ1n) is 9.80. The lowest BCUT2D eigenvalue weighted by molar-refractivity contribution is -0.118. The minimum absolute atomic E-state index is 0.127. The fraction of sp³-hybridized carbons (Fsp3) is 0.130. The zero-order valence-corrected chi connectivity index (χ0v) is 18.4. The molecule has 8 nitrogen and oxygen atoms in total.